The van der Waals surface area contributed by atoms with Gasteiger partial charge in [0, 0.05) is 19.3 Å². The number of ether oxygens (including phenoxy) is 1. The molecule has 3 N–H and O–H groups in total. The van der Waals surface area contributed by atoms with Crippen LogP contribution in [0.4, 0.5) is 0 Å². The van der Waals surface area contributed by atoms with E-state index in [2.05, 4.69) is 9.71 Å². The molecule has 0 saturated heterocycles. The zero-order chi connectivity index (χ0) is 15.2. The Morgan fingerprint density at radius 3 is 2.85 bits per heavy atom. The van der Waals surface area contributed by atoms with Gasteiger partial charge in [-0.25, -0.2) is 13.1 Å². The van der Waals surface area contributed by atoms with Gasteiger partial charge in [-0.15, -0.1) is 0 Å². The molecule has 6 nitrogen and oxygen atoms in total. The van der Waals surface area contributed by atoms with Gasteiger partial charge in [0.05, 0.1) is 6.61 Å². The maximum atomic E-state index is 12.1. The predicted molar refractivity (Wildman–Crippen MR) is 81.0 cm³/mol. The molecule has 0 fully saturated rings. The minimum Gasteiger partial charge on any atom is -0.388 e. The minimum absolute atomic E-state index is 0.0173. The highest BCUT2D eigenvalue weighted by Crippen LogP contribution is 2.12. The van der Waals surface area contributed by atoms with Gasteiger partial charge < -0.3 is 10.5 Å². The lowest BCUT2D eigenvalue weighted by atomic mass is 10.2. The summed E-state index contributed by atoms with van der Waals surface area (Å²) < 4.78 is 32.0. The maximum Gasteiger partial charge on any atom is 0.242 e. The Bertz CT molecular complexity index is 559. The fourth-order valence-corrected chi connectivity index (χ4v) is 2.85. The molecule has 1 heterocycles. The quantitative estimate of drug-likeness (QED) is 0.540. The normalized spacial score (nSPS) is 11.8. The number of aromatic nitrogens is 1. The summed E-state index contributed by atoms with van der Waals surface area (Å²) in [6.45, 7) is 5.12. The van der Waals surface area contributed by atoms with E-state index in [0.29, 0.717) is 19.1 Å². The van der Waals surface area contributed by atoms with Crippen LogP contribution >= 0.6 is 12.2 Å². The van der Waals surface area contributed by atoms with Crippen molar-refractivity contribution in [3.8, 4) is 0 Å². The Hall–Kier alpha value is -1.09. The van der Waals surface area contributed by atoms with Crippen LogP contribution in [0.1, 0.15) is 19.5 Å². The minimum atomic E-state index is -3.70. The van der Waals surface area contributed by atoms with Gasteiger partial charge in [0.25, 0.3) is 0 Å². The standard InChI is InChI=1S/C12H19N3O3S2/c1-9(2)8-18-7-6-15-20(16,17)10-4-3-5-14-11(10)12(13)19/h3-5,9,15H,6-8H2,1-2H3,(H2,13,19). The molecule has 0 amide bonds. The van der Waals surface area contributed by atoms with Crippen molar-refractivity contribution in [1.29, 1.82) is 0 Å². The lowest BCUT2D eigenvalue weighted by molar-refractivity contribution is 0.114. The van der Waals surface area contributed by atoms with Crippen LogP contribution in [0.3, 0.4) is 0 Å². The predicted octanol–water partition coefficient (Wildman–Crippen LogP) is 0.667. The molecule has 0 atom stereocenters. The molecule has 1 aromatic rings. The van der Waals surface area contributed by atoms with Gasteiger partial charge in [0.15, 0.2) is 0 Å². The largest absolute Gasteiger partial charge is 0.388 e. The third-order valence-electron chi connectivity index (χ3n) is 2.28. The molecule has 112 valence electrons. The highest BCUT2D eigenvalue weighted by atomic mass is 32.2. The summed E-state index contributed by atoms with van der Waals surface area (Å²) in [5, 5.41) is 0. The molecule has 20 heavy (non-hydrogen) atoms. The smallest absolute Gasteiger partial charge is 0.242 e. The molecule has 0 aliphatic carbocycles. The van der Waals surface area contributed by atoms with E-state index in [1.54, 1.807) is 0 Å². The van der Waals surface area contributed by atoms with Crippen LogP contribution in [0.5, 0.6) is 0 Å². The third-order valence-corrected chi connectivity index (χ3v) is 3.97. The molecule has 0 aliphatic heterocycles. The highest BCUT2D eigenvalue weighted by molar-refractivity contribution is 7.89. The number of hydrogen-bond donors (Lipinski definition) is 2. The molecular formula is C12H19N3O3S2. The summed E-state index contributed by atoms with van der Waals surface area (Å²) in [6.07, 6.45) is 1.44. The second-order valence-electron chi connectivity index (χ2n) is 4.58. The average Bonchev–Trinajstić information content (AvgIpc) is 2.37. The second kappa shape index (κ2) is 7.63. The molecule has 1 rings (SSSR count). The van der Waals surface area contributed by atoms with Crippen molar-refractivity contribution >= 4 is 27.2 Å². The summed E-state index contributed by atoms with van der Waals surface area (Å²) >= 11 is 4.80. The van der Waals surface area contributed by atoms with Crippen molar-refractivity contribution in [1.82, 2.24) is 9.71 Å². The Balaban J connectivity index is 2.68. The van der Waals surface area contributed by atoms with Gasteiger partial charge in [-0.05, 0) is 18.1 Å². The first-order valence-electron chi connectivity index (χ1n) is 6.17. The molecule has 0 unspecified atom stereocenters. The molecule has 1 aromatic heterocycles. The first-order valence-corrected chi connectivity index (χ1v) is 8.06. The van der Waals surface area contributed by atoms with E-state index in [1.165, 1.54) is 18.3 Å². The summed E-state index contributed by atoms with van der Waals surface area (Å²) in [5.41, 5.74) is 5.57. The number of nitrogens with two attached hydrogens (primary N) is 1. The molecular weight excluding hydrogens is 298 g/mol. The van der Waals surface area contributed by atoms with Crippen LogP contribution in [0, 0.1) is 5.92 Å². The topological polar surface area (TPSA) is 94.3 Å². The number of pyridine rings is 1. The van der Waals surface area contributed by atoms with Gasteiger partial charge in [-0.2, -0.15) is 0 Å². The van der Waals surface area contributed by atoms with Crippen LogP contribution < -0.4 is 10.5 Å². The molecule has 0 aromatic carbocycles. The third kappa shape index (κ3) is 5.12. The van der Waals surface area contributed by atoms with Gasteiger partial charge in [0.2, 0.25) is 10.0 Å². The van der Waals surface area contributed by atoms with E-state index in [9.17, 15) is 8.42 Å². The van der Waals surface area contributed by atoms with Gasteiger partial charge in [-0.1, -0.05) is 26.1 Å². The monoisotopic (exact) mass is 317 g/mol. The molecule has 0 spiro atoms. The van der Waals surface area contributed by atoms with Gasteiger partial charge in [-0.3, -0.25) is 4.98 Å². The van der Waals surface area contributed by atoms with Crippen LogP contribution in [0.25, 0.3) is 0 Å². The fraction of sp³-hybridized carbons (Fsp3) is 0.500. The van der Waals surface area contributed by atoms with E-state index in [1.807, 2.05) is 13.8 Å². The van der Waals surface area contributed by atoms with E-state index in [4.69, 9.17) is 22.7 Å². The zero-order valence-electron chi connectivity index (χ0n) is 11.5. The number of rotatable bonds is 8. The van der Waals surface area contributed by atoms with E-state index >= 15 is 0 Å². The number of nitrogens with zero attached hydrogens (tertiary/aromatic N) is 1. The SMILES string of the molecule is CC(C)COCCNS(=O)(=O)c1cccnc1C(N)=S. The zero-order valence-corrected chi connectivity index (χ0v) is 13.1. The van der Waals surface area contributed by atoms with Crippen molar-refractivity contribution in [3.05, 3.63) is 24.0 Å². The lowest BCUT2D eigenvalue weighted by Crippen LogP contribution is -2.30. The number of thiocarbonyl (C=S) groups is 1. The van der Waals surface area contributed by atoms with Gasteiger partial charge >= 0.3 is 0 Å². The number of hydrogen-bond acceptors (Lipinski definition) is 5. The van der Waals surface area contributed by atoms with Crippen LogP contribution in [0.15, 0.2) is 23.2 Å². The van der Waals surface area contributed by atoms with Crippen LogP contribution in [-0.2, 0) is 14.8 Å². The molecule has 0 aliphatic rings. The summed E-state index contributed by atoms with van der Waals surface area (Å²) in [6, 6.07) is 2.93. The van der Waals surface area contributed by atoms with E-state index in [-0.39, 0.29) is 22.1 Å². The van der Waals surface area contributed by atoms with Crippen molar-refractivity contribution in [2.75, 3.05) is 19.8 Å². The number of nitrogens with one attached hydrogen (secondary N) is 1. The number of sulfonamides is 1. The summed E-state index contributed by atoms with van der Waals surface area (Å²) in [7, 11) is -3.70. The van der Waals surface area contributed by atoms with Crippen molar-refractivity contribution < 1.29 is 13.2 Å². The second-order valence-corrected chi connectivity index (χ2v) is 6.76. The molecule has 0 saturated carbocycles. The van der Waals surface area contributed by atoms with Crippen LogP contribution in [-0.4, -0.2) is 38.1 Å². The highest BCUT2D eigenvalue weighted by Gasteiger charge is 2.19. The van der Waals surface area contributed by atoms with E-state index in [0.717, 1.165) is 0 Å². The first kappa shape index (κ1) is 17.0. The Morgan fingerprint density at radius 1 is 1.55 bits per heavy atom. The maximum absolute atomic E-state index is 12.1. The van der Waals surface area contributed by atoms with Crippen molar-refractivity contribution in [3.63, 3.8) is 0 Å². The van der Waals surface area contributed by atoms with Crippen molar-refractivity contribution in [2.24, 2.45) is 11.7 Å². The fourth-order valence-electron chi connectivity index (χ4n) is 1.44. The molecule has 0 radical (unpaired) electrons. The Labute approximate surface area is 124 Å². The summed E-state index contributed by atoms with van der Waals surface area (Å²) in [5.74, 6) is 0.408. The lowest BCUT2D eigenvalue weighted by Gasteiger charge is -2.10. The van der Waals surface area contributed by atoms with Gasteiger partial charge in [0.1, 0.15) is 15.6 Å². The van der Waals surface area contributed by atoms with Crippen molar-refractivity contribution in [2.45, 2.75) is 18.7 Å². The molecule has 0 bridgehead atoms. The Kier molecular flexibility index (Phi) is 6.47. The Morgan fingerprint density at radius 2 is 2.25 bits per heavy atom. The first-order chi connectivity index (χ1) is 9.34. The molecule has 8 heteroatoms. The van der Waals surface area contributed by atoms with E-state index < -0.39 is 10.0 Å². The van der Waals surface area contributed by atoms with Crippen LogP contribution in [0.2, 0.25) is 0 Å². The average molecular weight is 317 g/mol. The summed E-state index contributed by atoms with van der Waals surface area (Å²) in [4.78, 5) is 3.82.